The number of nitrogens with one attached hydrogen (secondary N) is 2. The van der Waals surface area contributed by atoms with Gasteiger partial charge in [0.25, 0.3) is 5.91 Å². The summed E-state index contributed by atoms with van der Waals surface area (Å²) in [5, 5.41) is 5.24. The first-order chi connectivity index (χ1) is 15.7. The molecule has 1 aliphatic heterocycles. The second-order valence-corrected chi connectivity index (χ2v) is 8.76. The van der Waals surface area contributed by atoms with Gasteiger partial charge in [0.15, 0.2) is 0 Å². The summed E-state index contributed by atoms with van der Waals surface area (Å²) in [7, 11) is 1.63. The lowest BCUT2D eigenvalue weighted by molar-refractivity contribution is 0.0302. The molecule has 1 amide bonds. The molecule has 0 atom stereocenters. The summed E-state index contributed by atoms with van der Waals surface area (Å²) in [4.78, 5) is 22.5. The first kappa shape index (κ1) is 21.1. The van der Waals surface area contributed by atoms with E-state index in [2.05, 4.69) is 15.3 Å². The van der Waals surface area contributed by atoms with Crippen LogP contribution in [0, 0.1) is 0 Å². The molecule has 168 valence electrons. The number of carbonyl (C=O) groups excluding carboxylic acids is 1. The average Bonchev–Trinajstić information content (AvgIpc) is 3.49. The van der Waals surface area contributed by atoms with E-state index < -0.39 is 0 Å². The summed E-state index contributed by atoms with van der Waals surface area (Å²) in [6.45, 7) is 2.34. The SMILES string of the molecule is COc1cc(C(=O)N2CCOCC2)ccc1-c1cnc2[nH]cc(Cl)c2c1NC1CCCC1. The lowest BCUT2D eigenvalue weighted by Gasteiger charge is -2.27. The van der Waals surface area contributed by atoms with Gasteiger partial charge in [-0.2, -0.15) is 0 Å². The number of benzene rings is 1. The largest absolute Gasteiger partial charge is 0.496 e. The standard InChI is InChI=1S/C24H27ClN4O3/c1-31-20-12-15(24(30)29-8-10-32-11-9-29)6-7-17(20)18-13-26-23-21(19(25)14-27-23)22(18)28-16-4-2-3-5-16/h6-7,12-14,16H,2-5,8-11H2,1H3,(H2,26,27,28). The highest BCUT2D eigenvalue weighted by atomic mass is 35.5. The van der Waals surface area contributed by atoms with Crippen molar-refractivity contribution in [3.05, 3.63) is 41.2 Å². The summed E-state index contributed by atoms with van der Waals surface area (Å²) < 4.78 is 11.1. The number of carbonyl (C=O) groups is 1. The molecule has 2 aromatic heterocycles. The maximum Gasteiger partial charge on any atom is 0.254 e. The summed E-state index contributed by atoms with van der Waals surface area (Å²) in [5.74, 6) is 0.621. The van der Waals surface area contributed by atoms with Crippen LogP contribution in [0.1, 0.15) is 36.0 Å². The van der Waals surface area contributed by atoms with Crippen molar-refractivity contribution < 1.29 is 14.3 Å². The number of ether oxygens (including phenoxy) is 2. The Hall–Kier alpha value is -2.77. The Labute approximate surface area is 192 Å². The van der Waals surface area contributed by atoms with Gasteiger partial charge in [-0.1, -0.05) is 24.4 Å². The van der Waals surface area contributed by atoms with Crippen LogP contribution >= 0.6 is 11.6 Å². The number of aromatic nitrogens is 2. The molecule has 2 fully saturated rings. The zero-order chi connectivity index (χ0) is 22.1. The van der Waals surface area contributed by atoms with Gasteiger partial charge in [-0.05, 0) is 31.0 Å². The topological polar surface area (TPSA) is 79.5 Å². The number of pyridine rings is 1. The highest BCUT2D eigenvalue weighted by Gasteiger charge is 2.24. The fourth-order valence-corrected chi connectivity index (χ4v) is 4.92. The number of halogens is 1. The maximum absolute atomic E-state index is 13.0. The Balaban J connectivity index is 1.56. The fourth-order valence-electron chi connectivity index (χ4n) is 4.68. The molecular weight excluding hydrogens is 428 g/mol. The van der Waals surface area contributed by atoms with E-state index in [1.165, 1.54) is 12.8 Å². The van der Waals surface area contributed by atoms with Gasteiger partial charge >= 0.3 is 0 Å². The van der Waals surface area contributed by atoms with Crippen molar-refractivity contribution in [2.24, 2.45) is 0 Å². The van der Waals surface area contributed by atoms with Gasteiger partial charge in [0, 0.05) is 48.2 Å². The quantitative estimate of drug-likeness (QED) is 0.583. The van der Waals surface area contributed by atoms with Crippen molar-refractivity contribution in [2.45, 2.75) is 31.7 Å². The number of hydrogen-bond donors (Lipinski definition) is 2. The molecule has 1 aromatic carbocycles. The van der Waals surface area contributed by atoms with Crippen LogP contribution in [0.25, 0.3) is 22.2 Å². The zero-order valence-electron chi connectivity index (χ0n) is 18.1. The van der Waals surface area contributed by atoms with Crippen LogP contribution in [-0.4, -0.2) is 60.2 Å². The molecule has 0 radical (unpaired) electrons. The Bertz CT molecular complexity index is 1130. The molecule has 1 saturated heterocycles. The van der Waals surface area contributed by atoms with Crippen molar-refractivity contribution in [1.82, 2.24) is 14.9 Å². The fraction of sp³-hybridized carbons (Fsp3) is 0.417. The first-order valence-electron chi connectivity index (χ1n) is 11.1. The molecule has 3 heterocycles. The molecule has 1 saturated carbocycles. The van der Waals surface area contributed by atoms with Crippen LogP contribution in [-0.2, 0) is 4.74 Å². The van der Waals surface area contributed by atoms with E-state index in [9.17, 15) is 4.79 Å². The predicted octanol–water partition coefficient (Wildman–Crippen LogP) is 4.72. The molecule has 1 aliphatic carbocycles. The number of aromatic amines is 1. The smallest absolute Gasteiger partial charge is 0.254 e. The summed E-state index contributed by atoms with van der Waals surface area (Å²) in [6.07, 6.45) is 8.33. The third kappa shape index (κ3) is 3.91. The number of rotatable bonds is 5. The van der Waals surface area contributed by atoms with Crippen molar-refractivity contribution in [2.75, 3.05) is 38.7 Å². The van der Waals surface area contributed by atoms with Gasteiger partial charge < -0.3 is 24.7 Å². The number of nitrogens with zero attached hydrogens (tertiary/aromatic N) is 2. The number of H-pyrrole nitrogens is 1. The highest BCUT2D eigenvalue weighted by molar-refractivity contribution is 6.36. The van der Waals surface area contributed by atoms with Crippen LogP contribution in [0.2, 0.25) is 5.02 Å². The van der Waals surface area contributed by atoms with Gasteiger partial charge in [0.1, 0.15) is 11.4 Å². The summed E-state index contributed by atoms with van der Waals surface area (Å²) >= 11 is 6.55. The maximum atomic E-state index is 13.0. The summed E-state index contributed by atoms with van der Waals surface area (Å²) in [5.41, 5.74) is 4.09. The van der Waals surface area contributed by atoms with E-state index in [0.717, 1.165) is 40.7 Å². The van der Waals surface area contributed by atoms with Gasteiger partial charge in [-0.3, -0.25) is 4.79 Å². The second-order valence-electron chi connectivity index (χ2n) is 8.35. The molecule has 32 heavy (non-hydrogen) atoms. The van der Waals surface area contributed by atoms with Gasteiger partial charge in [-0.15, -0.1) is 0 Å². The third-order valence-electron chi connectivity index (χ3n) is 6.39. The van der Waals surface area contributed by atoms with E-state index in [-0.39, 0.29) is 5.91 Å². The molecule has 2 aliphatic rings. The molecule has 3 aromatic rings. The van der Waals surface area contributed by atoms with Crippen LogP contribution in [0.5, 0.6) is 5.75 Å². The lowest BCUT2D eigenvalue weighted by Crippen LogP contribution is -2.40. The van der Waals surface area contributed by atoms with Crippen molar-refractivity contribution in [3.8, 4) is 16.9 Å². The molecule has 2 N–H and O–H groups in total. The normalized spacial score (nSPS) is 17.1. The molecule has 0 unspecified atom stereocenters. The number of anilines is 1. The third-order valence-corrected chi connectivity index (χ3v) is 6.69. The van der Waals surface area contributed by atoms with Gasteiger partial charge in [0.05, 0.1) is 36.4 Å². The monoisotopic (exact) mass is 454 g/mol. The van der Waals surface area contributed by atoms with E-state index in [1.807, 2.05) is 29.3 Å². The average molecular weight is 455 g/mol. The lowest BCUT2D eigenvalue weighted by atomic mass is 10.00. The summed E-state index contributed by atoms with van der Waals surface area (Å²) in [6, 6.07) is 6.02. The van der Waals surface area contributed by atoms with E-state index in [1.54, 1.807) is 13.3 Å². The van der Waals surface area contributed by atoms with Crippen LogP contribution in [0.15, 0.2) is 30.6 Å². The van der Waals surface area contributed by atoms with Crippen LogP contribution < -0.4 is 10.1 Å². The zero-order valence-corrected chi connectivity index (χ0v) is 18.9. The van der Waals surface area contributed by atoms with E-state index >= 15 is 0 Å². The minimum Gasteiger partial charge on any atom is -0.496 e. The van der Waals surface area contributed by atoms with Crippen molar-refractivity contribution in [3.63, 3.8) is 0 Å². The predicted molar refractivity (Wildman–Crippen MR) is 126 cm³/mol. The van der Waals surface area contributed by atoms with Crippen molar-refractivity contribution >= 4 is 34.2 Å². The van der Waals surface area contributed by atoms with E-state index in [4.69, 9.17) is 21.1 Å². The Morgan fingerprint density at radius 1 is 1.25 bits per heavy atom. The Morgan fingerprint density at radius 3 is 2.78 bits per heavy atom. The van der Waals surface area contributed by atoms with E-state index in [0.29, 0.717) is 48.7 Å². The Kier molecular flexibility index (Phi) is 5.93. The molecule has 8 heteroatoms. The minimum absolute atomic E-state index is 0.00953. The number of amides is 1. The van der Waals surface area contributed by atoms with Gasteiger partial charge in [-0.25, -0.2) is 4.98 Å². The molecule has 0 bridgehead atoms. The number of hydrogen-bond acceptors (Lipinski definition) is 5. The van der Waals surface area contributed by atoms with Crippen LogP contribution in [0.4, 0.5) is 5.69 Å². The molecule has 7 nitrogen and oxygen atoms in total. The molecule has 0 spiro atoms. The van der Waals surface area contributed by atoms with Gasteiger partial charge in [0.2, 0.25) is 0 Å². The Morgan fingerprint density at radius 2 is 2.03 bits per heavy atom. The number of morpholine rings is 1. The first-order valence-corrected chi connectivity index (χ1v) is 11.5. The number of methoxy groups -OCH3 is 1. The second kappa shape index (κ2) is 9.00. The number of fused-ring (bicyclic) bond motifs is 1. The van der Waals surface area contributed by atoms with Crippen molar-refractivity contribution in [1.29, 1.82) is 0 Å². The molecule has 5 rings (SSSR count). The minimum atomic E-state index is -0.00953. The van der Waals surface area contributed by atoms with Crippen LogP contribution in [0.3, 0.4) is 0 Å². The highest BCUT2D eigenvalue weighted by Crippen LogP contribution is 2.42. The molecular formula is C24H27ClN4O3.